The number of aryl methyl sites for hydroxylation is 1. The van der Waals surface area contributed by atoms with Crippen molar-refractivity contribution in [3.05, 3.63) is 64.9 Å². The molecule has 0 unspecified atom stereocenters. The summed E-state index contributed by atoms with van der Waals surface area (Å²) >= 11 is 6.00. The number of hydrogen-bond donors (Lipinski definition) is 2. The highest BCUT2D eigenvalue weighted by molar-refractivity contribution is 6.31. The van der Waals surface area contributed by atoms with Crippen LogP contribution >= 0.6 is 11.6 Å². The summed E-state index contributed by atoms with van der Waals surface area (Å²) < 4.78 is 10.5. The first-order valence-electron chi connectivity index (χ1n) is 8.39. The minimum Gasteiger partial charge on any atom is -0.497 e. The summed E-state index contributed by atoms with van der Waals surface area (Å²) in [6, 6.07) is 12.1. The highest BCUT2D eigenvalue weighted by Crippen LogP contribution is 2.30. The Balaban J connectivity index is 1.80. The van der Waals surface area contributed by atoms with Crippen LogP contribution in [-0.2, 0) is 0 Å². The third-order valence-corrected chi connectivity index (χ3v) is 4.23. The SMILES string of the molecule is COc1ccc(Nc2nccc(C(=O)Nc3cc(Cl)ccc3C)n2)c(OC)c1. The lowest BCUT2D eigenvalue weighted by atomic mass is 10.2. The predicted molar refractivity (Wildman–Crippen MR) is 109 cm³/mol. The number of rotatable bonds is 6. The number of nitrogens with one attached hydrogen (secondary N) is 2. The van der Waals surface area contributed by atoms with Gasteiger partial charge in [-0.2, -0.15) is 0 Å². The van der Waals surface area contributed by atoms with Gasteiger partial charge in [0.2, 0.25) is 5.95 Å². The van der Waals surface area contributed by atoms with Crippen LogP contribution in [-0.4, -0.2) is 30.1 Å². The van der Waals surface area contributed by atoms with Crippen LogP contribution in [0.25, 0.3) is 0 Å². The van der Waals surface area contributed by atoms with Crippen LogP contribution in [0.2, 0.25) is 5.02 Å². The lowest BCUT2D eigenvalue weighted by molar-refractivity contribution is 0.102. The molecule has 28 heavy (non-hydrogen) atoms. The molecule has 3 rings (SSSR count). The lowest BCUT2D eigenvalue weighted by Crippen LogP contribution is -2.15. The van der Waals surface area contributed by atoms with Crippen molar-refractivity contribution < 1.29 is 14.3 Å². The zero-order valence-electron chi connectivity index (χ0n) is 15.6. The zero-order chi connectivity index (χ0) is 20.1. The minimum atomic E-state index is -0.363. The fraction of sp³-hybridized carbons (Fsp3) is 0.150. The average molecular weight is 399 g/mol. The third-order valence-electron chi connectivity index (χ3n) is 3.99. The van der Waals surface area contributed by atoms with E-state index in [1.807, 2.05) is 13.0 Å². The molecule has 144 valence electrons. The number of nitrogens with zero attached hydrogens (tertiary/aromatic N) is 2. The lowest BCUT2D eigenvalue weighted by Gasteiger charge is -2.12. The fourth-order valence-electron chi connectivity index (χ4n) is 2.48. The highest BCUT2D eigenvalue weighted by atomic mass is 35.5. The minimum absolute atomic E-state index is 0.212. The van der Waals surface area contributed by atoms with Crippen LogP contribution in [0.1, 0.15) is 16.1 Å². The number of benzene rings is 2. The molecule has 2 aromatic carbocycles. The monoisotopic (exact) mass is 398 g/mol. The maximum Gasteiger partial charge on any atom is 0.274 e. The van der Waals surface area contributed by atoms with Crippen molar-refractivity contribution in [2.24, 2.45) is 0 Å². The molecule has 0 aliphatic rings. The molecule has 0 spiro atoms. The van der Waals surface area contributed by atoms with Crippen molar-refractivity contribution >= 4 is 34.8 Å². The van der Waals surface area contributed by atoms with E-state index in [1.54, 1.807) is 44.6 Å². The number of aromatic nitrogens is 2. The summed E-state index contributed by atoms with van der Waals surface area (Å²) in [7, 11) is 3.13. The first kappa shape index (κ1) is 19.4. The van der Waals surface area contributed by atoms with Crippen LogP contribution < -0.4 is 20.1 Å². The molecular weight excluding hydrogens is 380 g/mol. The molecule has 1 heterocycles. The molecule has 7 nitrogen and oxygen atoms in total. The molecule has 2 N–H and O–H groups in total. The van der Waals surface area contributed by atoms with Gasteiger partial charge in [0.15, 0.2) is 0 Å². The molecular formula is C20H19ClN4O3. The Morgan fingerprint density at radius 3 is 2.61 bits per heavy atom. The quantitative estimate of drug-likeness (QED) is 0.638. The van der Waals surface area contributed by atoms with Gasteiger partial charge in [-0.3, -0.25) is 4.79 Å². The topological polar surface area (TPSA) is 85.4 Å². The maximum absolute atomic E-state index is 12.6. The van der Waals surface area contributed by atoms with E-state index in [1.165, 1.54) is 12.3 Å². The zero-order valence-corrected chi connectivity index (χ0v) is 16.4. The largest absolute Gasteiger partial charge is 0.497 e. The van der Waals surface area contributed by atoms with Crippen molar-refractivity contribution in [3.8, 4) is 11.5 Å². The van der Waals surface area contributed by atoms with Gasteiger partial charge in [-0.05, 0) is 42.8 Å². The number of ether oxygens (including phenoxy) is 2. The van der Waals surface area contributed by atoms with Gasteiger partial charge >= 0.3 is 0 Å². The second-order valence-corrected chi connectivity index (χ2v) is 6.31. The Hall–Kier alpha value is -3.32. The van der Waals surface area contributed by atoms with Gasteiger partial charge in [-0.1, -0.05) is 17.7 Å². The Kier molecular flexibility index (Phi) is 5.96. The number of carbonyl (C=O) groups is 1. The van der Waals surface area contributed by atoms with Crippen LogP contribution in [0.5, 0.6) is 11.5 Å². The highest BCUT2D eigenvalue weighted by Gasteiger charge is 2.12. The van der Waals surface area contributed by atoms with Gasteiger partial charge in [0.25, 0.3) is 5.91 Å². The van der Waals surface area contributed by atoms with E-state index in [4.69, 9.17) is 21.1 Å². The summed E-state index contributed by atoms with van der Waals surface area (Å²) in [5.41, 5.74) is 2.38. The van der Waals surface area contributed by atoms with Crippen LogP contribution in [0, 0.1) is 6.92 Å². The number of methoxy groups -OCH3 is 2. The molecule has 0 radical (unpaired) electrons. The number of amides is 1. The molecule has 0 atom stereocenters. The molecule has 0 fully saturated rings. The van der Waals surface area contributed by atoms with Gasteiger partial charge in [-0.25, -0.2) is 9.97 Å². The smallest absolute Gasteiger partial charge is 0.274 e. The summed E-state index contributed by atoms with van der Waals surface area (Å²) in [6.07, 6.45) is 1.51. The third kappa shape index (κ3) is 4.50. The molecule has 8 heteroatoms. The van der Waals surface area contributed by atoms with Gasteiger partial charge in [-0.15, -0.1) is 0 Å². The number of halogens is 1. The van der Waals surface area contributed by atoms with E-state index >= 15 is 0 Å². The fourth-order valence-corrected chi connectivity index (χ4v) is 2.65. The first-order chi connectivity index (χ1) is 13.5. The number of hydrogen-bond acceptors (Lipinski definition) is 6. The van der Waals surface area contributed by atoms with Crippen molar-refractivity contribution in [1.29, 1.82) is 0 Å². The Bertz CT molecular complexity index is 1010. The predicted octanol–water partition coefficient (Wildman–Crippen LogP) is 4.45. The first-order valence-corrected chi connectivity index (χ1v) is 8.77. The molecule has 0 bridgehead atoms. The standard InChI is InChI=1S/C20H19ClN4O3/c1-12-4-5-13(21)10-17(12)23-19(26)16-8-9-22-20(25-16)24-15-7-6-14(27-2)11-18(15)28-3/h4-11H,1-3H3,(H,23,26)(H,22,24,25). The average Bonchev–Trinajstić information content (AvgIpc) is 2.71. The second kappa shape index (κ2) is 8.58. The van der Waals surface area contributed by atoms with E-state index in [0.717, 1.165) is 5.56 Å². The van der Waals surface area contributed by atoms with Gasteiger partial charge in [0.05, 0.1) is 19.9 Å². The molecule has 0 saturated carbocycles. The van der Waals surface area contributed by atoms with Gasteiger partial charge < -0.3 is 20.1 Å². The summed E-state index contributed by atoms with van der Waals surface area (Å²) in [5, 5.41) is 6.40. The number of carbonyl (C=O) groups excluding carboxylic acids is 1. The van der Waals surface area contributed by atoms with Crippen molar-refractivity contribution in [1.82, 2.24) is 9.97 Å². The summed E-state index contributed by atoms with van der Waals surface area (Å²) in [5.74, 6) is 1.12. The maximum atomic E-state index is 12.6. The summed E-state index contributed by atoms with van der Waals surface area (Å²) in [4.78, 5) is 21.0. The van der Waals surface area contributed by atoms with Gasteiger partial charge in [0.1, 0.15) is 17.2 Å². The van der Waals surface area contributed by atoms with E-state index in [2.05, 4.69) is 20.6 Å². The molecule has 1 aromatic heterocycles. The van der Waals surface area contributed by atoms with E-state index in [9.17, 15) is 4.79 Å². The van der Waals surface area contributed by atoms with Gasteiger partial charge in [0, 0.05) is 23.0 Å². The Morgan fingerprint density at radius 2 is 1.86 bits per heavy atom. The van der Waals surface area contributed by atoms with E-state index in [-0.39, 0.29) is 17.5 Å². The Morgan fingerprint density at radius 1 is 1.04 bits per heavy atom. The van der Waals surface area contributed by atoms with Crippen molar-refractivity contribution in [2.75, 3.05) is 24.9 Å². The Labute approximate surface area is 167 Å². The molecule has 0 saturated heterocycles. The van der Waals surface area contributed by atoms with E-state index < -0.39 is 0 Å². The normalized spacial score (nSPS) is 10.3. The van der Waals surface area contributed by atoms with Crippen molar-refractivity contribution in [2.45, 2.75) is 6.92 Å². The van der Waals surface area contributed by atoms with E-state index in [0.29, 0.717) is 27.9 Å². The molecule has 1 amide bonds. The van der Waals surface area contributed by atoms with Crippen LogP contribution in [0.4, 0.5) is 17.3 Å². The number of anilines is 3. The second-order valence-electron chi connectivity index (χ2n) is 5.87. The molecule has 0 aliphatic heterocycles. The van der Waals surface area contributed by atoms with Crippen LogP contribution in [0.3, 0.4) is 0 Å². The summed E-state index contributed by atoms with van der Waals surface area (Å²) in [6.45, 7) is 1.88. The molecule has 3 aromatic rings. The van der Waals surface area contributed by atoms with Crippen molar-refractivity contribution in [3.63, 3.8) is 0 Å². The molecule has 0 aliphatic carbocycles. The van der Waals surface area contributed by atoms with Crippen LogP contribution in [0.15, 0.2) is 48.7 Å².